The topological polar surface area (TPSA) is 37.2 Å². The molecule has 5 aromatic carbocycles. The molecule has 0 radical (unpaired) electrons. The monoisotopic (exact) mass is 795 g/mol. The first-order valence-electron chi connectivity index (χ1n) is 22.0. The molecule has 7 heterocycles. The Morgan fingerprint density at radius 3 is 1.80 bits per heavy atom. The molecule has 0 atom stereocenters. The summed E-state index contributed by atoms with van der Waals surface area (Å²) in [6, 6.07) is 41.8. The van der Waals surface area contributed by atoms with Crippen LogP contribution in [0.5, 0.6) is 0 Å². The Balaban J connectivity index is 1.15. The van der Waals surface area contributed by atoms with Crippen molar-refractivity contribution in [3.05, 3.63) is 172 Å². The summed E-state index contributed by atoms with van der Waals surface area (Å²) in [7, 11) is 0. The van der Waals surface area contributed by atoms with Crippen molar-refractivity contribution >= 4 is 56.2 Å². The Labute approximate surface area is 359 Å². The first-order valence-corrected chi connectivity index (χ1v) is 22.0. The zero-order valence-electron chi connectivity index (χ0n) is 37.3. The van der Waals surface area contributed by atoms with Gasteiger partial charge in [-0.2, -0.15) is 0 Å². The molecule has 61 heavy (non-hydrogen) atoms. The van der Waals surface area contributed by atoms with E-state index in [2.05, 4.69) is 200 Å². The summed E-state index contributed by atoms with van der Waals surface area (Å²) in [6.45, 7) is 26.2. The van der Waals surface area contributed by atoms with E-state index in [0.717, 1.165) is 17.2 Å². The number of benzene rings is 5. The van der Waals surface area contributed by atoms with Gasteiger partial charge in [-0.1, -0.05) is 137 Å². The fourth-order valence-corrected chi connectivity index (χ4v) is 11.8. The van der Waals surface area contributed by atoms with Gasteiger partial charge in [0.2, 0.25) is 0 Å². The third-order valence-electron chi connectivity index (χ3n) is 15.4. The number of hydrogen-bond acceptors (Lipinski definition) is 4. The third kappa shape index (κ3) is 4.47. The summed E-state index contributed by atoms with van der Waals surface area (Å²) in [5.74, 6) is 1.02. The number of aromatic nitrogens is 3. The van der Waals surface area contributed by atoms with E-state index >= 15 is 0 Å². The van der Waals surface area contributed by atoms with Crippen molar-refractivity contribution in [1.82, 2.24) is 14.5 Å². The van der Waals surface area contributed by atoms with Crippen LogP contribution in [0, 0.1) is 0 Å². The summed E-state index contributed by atoms with van der Waals surface area (Å²) in [6.07, 6.45) is 3.90. The van der Waals surface area contributed by atoms with Crippen molar-refractivity contribution in [2.24, 2.45) is 0 Å². The average molecular weight is 796 g/mol. The summed E-state index contributed by atoms with van der Waals surface area (Å²) >= 11 is 0. The Morgan fingerprint density at radius 1 is 0.443 bits per heavy atom. The van der Waals surface area contributed by atoms with E-state index in [1.165, 1.54) is 94.8 Å². The predicted octanol–water partition coefficient (Wildman–Crippen LogP) is 14.4. The molecular weight excluding hydrogens is 743 g/mol. The third-order valence-corrected chi connectivity index (χ3v) is 15.4. The highest BCUT2D eigenvalue weighted by Crippen LogP contribution is 2.62. The smallest absolute Gasteiger partial charge is 0.145 e. The summed E-state index contributed by atoms with van der Waals surface area (Å²) in [5.41, 5.74) is 20.4. The van der Waals surface area contributed by atoms with Crippen molar-refractivity contribution in [1.29, 1.82) is 0 Å². The largest absolute Gasteiger partial charge is 0.310 e. The van der Waals surface area contributed by atoms with Crippen LogP contribution in [-0.4, -0.2) is 14.5 Å². The molecule has 302 valence electrons. The summed E-state index contributed by atoms with van der Waals surface area (Å²) < 4.78 is 2.45. The van der Waals surface area contributed by atoms with E-state index in [4.69, 9.17) is 9.97 Å². The maximum absolute atomic E-state index is 5.21. The average Bonchev–Trinajstić information content (AvgIpc) is 3.57. The van der Waals surface area contributed by atoms with Gasteiger partial charge in [-0.25, -0.2) is 9.97 Å². The van der Waals surface area contributed by atoms with Crippen molar-refractivity contribution in [2.45, 2.75) is 103 Å². The fourth-order valence-electron chi connectivity index (χ4n) is 11.8. The molecule has 5 nitrogen and oxygen atoms in total. The first-order chi connectivity index (χ1) is 28.9. The second-order valence-electron chi connectivity index (χ2n) is 21.2. The van der Waals surface area contributed by atoms with Gasteiger partial charge in [0.05, 0.1) is 34.0 Å². The molecule has 0 unspecified atom stereocenters. The van der Waals surface area contributed by atoms with Gasteiger partial charge in [0.15, 0.2) is 0 Å². The Hall–Kier alpha value is -6.20. The van der Waals surface area contributed by atoms with Gasteiger partial charge in [0.25, 0.3) is 0 Å². The van der Waals surface area contributed by atoms with Crippen molar-refractivity contribution in [3.8, 4) is 5.69 Å². The van der Waals surface area contributed by atoms with Gasteiger partial charge in [0, 0.05) is 56.1 Å². The van der Waals surface area contributed by atoms with Crippen molar-refractivity contribution in [2.75, 3.05) is 9.80 Å². The maximum atomic E-state index is 5.21. The first kappa shape index (κ1) is 36.6. The number of para-hydroxylation sites is 2. The highest BCUT2D eigenvalue weighted by atomic mass is 15.2. The zero-order valence-corrected chi connectivity index (χ0v) is 37.3. The van der Waals surface area contributed by atoms with E-state index < -0.39 is 0 Å². The van der Waals surface area contributed by atoms with Crippen LogP contribution >= 0.6 is 0 Å². The van der Waals surface area contributed by atoms with E-state index in [1.54, 1.807) is 0 Å². The number of hydrogen-bond donors (Lipinski definition) is 0. The quantitative estimate of drug-likeness (QED) is 0.166. The molecule has 0 fully saturated rings. The standard InChI is InChI=1S/C56H53N5/c1-52(2,3)32-27-42-49-43(28-32)56(10,11)39-21-16-26-58-51(39)61(49)45-29-33(23-24-37(45)54(42,6)7)59-44-22-13-12-19-36(44)53(4,5)40-30-41-47(31-46(40)59)60-48-34(35-18-15-25-57-50(35)60)17-14-20-38(48)55(41,8)9/h12-31H,1-11H3. The molecule has 0 bridgehead atoms. The van der Waals surface area contributed by atoms with Gasteiger partial charge < -0.3 is 4.90 Å². The number of anilines is 6. The molecule has 0 spiro atoms. The van der Waals surface area contributed by atoms with Crippen LogP contribution in [0.4, 0.5) is 34.3 Å². The number of fused-ring (bicyclic) bond motifs is 11. The minimum Gasteiger partial charge on any atom is -0.310 e. The lowest BCUT2D eigenvalue weighted by Crippen LogP contribution is -2.39. The second kappa shape index (κ2) is 11.4. The molecule has 0 saturated heterocycles. The highest BCUT2D eigenvalue weighted by Gasteiger charge is 2.48. The predicted molar refractivity (Wildman–Crippen MR) is 253 cm³/mol. The normalized spacial score (nSPS) is 17.9. The molecule has 5 heteroatoms. The Kier molecular flexibility index (Phi) is 6.83. The molecule has 0 aliphatic carbocycles. The Morgan fingerprint density at radius 2 is 1.03 bits per heavy atom. The van der Waals surface area contributed by atoms with Crippen LogP contribution in [0.2, 0.25) is 0 Å². The molecule has 0 amide bonds. The lowest BCUT2D eigenvalue weighted by molar-refractivity contribution is 0.562. The summed E-state index contributed by atoms with van der Waals surface area (Å²) in [4.78, 5) is 15.3. The van der Waals surface area contributed by atoms with Crippen LogP contribution in [0.15, 0.2) is 122 Å². The molecular formula is C56H53N5. The van der Waals surface area contributed by atoms with Crippen molar-refractivity contribution in [3.63, 3.8) is 0 Å². The number of nitrogens with zero attached hydrogens (tertiary/aromatic N) is 5. The van der Waals surface area contributed by atoms with Gasteiger partial charge >= 0.3 is 0 Å². The van der Waals surface area contributed by atoms with E-state index in [1.807, 2.05) is 12.4 Å². The summed E-state index contributed by atoms with van der Waals surface area (Å²) in [5, 5.41) is 2.44. The van der Waals surface area contributed by atoms with Crippen LogP contribution < -0.4 is 9.80 Å². The maximum Gasteiger partial charge on any atom is 0.145 e. The molecule has 4 aliphatic rings. The van der Waals surface area contributed by atoms with E-state index in [0.29, 0.717) is 0 Å². The molecule has 4 aliphatic heterocycles. The number of rotatable bonds is 1. The highest BCUT2D eigenvalue weighted by molar-refractivity contribution is 6.10. The molecule has 0 N–H and O–H groups in total. The minimum absolute atomic E-state index is 0.00401. The number of pyridine rings is 2. The molecule has 12 rings (SSSR count). The lowest BCUT2D eigenvalue weighted by atomic mass is 9.65. The second-order valence-corrected chi connectivity index (χ2v) is 21.2. The zero-order chi connectivity index (χ0) is 42.3. The van der Waals surface area contributed by atoms with Crippen LogP contribution in [0.25, 0.3) is 27.6 Å². The van der Waals surface area contributed by atoms with Gasteiger partial charge in [-0.05, 0) is 98.5 Å². The van der Waals surface area contributed by atoms with Gasteiger partial charge in [-0.3, -0.25) is 9.47 Å². The van der Waals surface area contributed by atoms with Gasteiger partial charge in [-0.15, -0.1) is 0 Å². The van der Waals surface area contributed by atoms with E-state index in [9.17, 15) is 0 Å². The lowest BCUT2D eigenvalue weighted by Gasteiger charge is -2.50. The molecule has 3 aromatic heterocycles. The minimum atomic E-state index is -0.260. The van der Waals surface area contributed by atoms with Crippen LogP contribution in [-0.2, 0) is 27.1 Å². The van der Waals surface area contributed by atoms with Crippen LogP contribution in [0.3, 0.4) is 0 Å². The fraction of sp³-hybridized carbons (Fsp3) is 0.286. The SMILES string of the molecule is CC(C)(C)c1cc2c3c(c1)C(C)(C)c1cccnc1N3c1cc(N3c4ccccc4C(C)(C)c4cc5c(cc43)-n3c4ncccc4c4cccc(c43)C5(C)C)ccc1C2(C)C. The Bertz CT molecular complexity index is 3240. The molecule has 0 saturated carbocycles. The van der Waals surface area contributed by atoms with Gasteiger partial charge in [0.1, 0.15) is 11.5 Å². The molecule has 8 aromatic rings. The van der Waals surface area contributed by atoms with Crippen LogP contribution in [0.1, 0.15) is 126 Å². The van der Waals surface area contributed by atoms with Crippen molar-refractivity contribution < 1.29 is 0 Å². The van der Waals surface area contributed by atoms with E-state index in [-0.39, 0.29) is 27.1 Å².